The molecule has 0 fully saturated rings. The van der Waals surface area contributed by atoms with Crippen molar-refractivity contribution >= 4 is 0 Å². The molecule has 0 spiro atoms. The lowest BCUT2D eigenvalue weighted by Crippen LogP contribution is -2.01. The Hall–Kier alpha value is -2.29. The molecule has 0 aliphatic heterocycles. The largest absolute Gasteiger partial charge is 0.218 e. The summed E-state index contributed by atoms with van der Waals surface area (Å²) in [6.07, 6.45) is 6.30. The van der Waals surface area contributed by atoms with E-state index in [9.17, 15) is 0 Å². The monoisotopic (exact) mass is 237 g/mol. The van der Waals surface area contributed by atoms with Crippen LogP contribution in [0.4, 0.5) is 0 Å². The maximum Gasteiger partial charge on any atom is 0.163 e. The van der Waals surface area contributed by atoms with Gasteiger partial charge in [0, 0.05) is 12.0 Å². The molecule has 18 heavy (non-hydrogen) atoms. The van der Waals surface area contributed by atoms with Gasteiger partial charge in [0.2, 0.25) is 0 Å². The third-order valence-corrected chi connectivity index (χ3v) is 2.40. The van der Waals surface area contributed by atoms with E-state index in [1.54, 1.807) is 6.08 Å². The third kappa shape index (κ3) is 3.10. The van der Waals surface area contributed by atoms with E-state index in [0.717, 1.165) is 23.0 Å². The zero-order valence-corrected chi connectivity index (χ0v) is 10.4. The van der Waals surface area contributed by atoms with Gasteiger partial charge in [0.15, 0.2) is 5.82 Å². The van der Waals surface area contributed by atoms with Crippen LogP contribution in [0.5, 0.6) is 0 Å². The van der Waals surface area contributed by atoms with Crippen LogP contribution < -0.4 is 0 Å². The lowest BCUT2D eigenvalue weighted by molar-refractivity contribution is 0.896. The van der Waals surface area contributed by atoms with Crippen LogP contribution in [0.1, 0.15) is 11.6 Å². The van der Waals surface area contributed by atoms with Gasteiger partial charge in [-0.15, -0.1) is 0 Å². The van der Waals surface area contributed by atoms with Gasteiger partial charge in [-0.2, -0.15) is 0 Å². The maximum absolute atomic E-state index is 4.47. The van der Waals surface area contributed by atoms with Gasteiger partial charge in [-0.1, -0.05) is 55.1 Å². The van der Waals surface area contributed by atoms with Crippen LogP contribution in [0.15, 0.2) is 55.1 Å². The summed E-state index contributed by atoms with van der Waals surface area (Å²) in [5, 5.41) is 0. The molecule has 1 heterocycles. The van der Waals surface area contributed by atoms with Crippen molar-refractivity contribution < 1.29 is 0 Å². The van der Waals surface area contributed by atoms with Gasteiger partial charge in [-0.05, 0) is 6.92 Å². The lowest BCUT2D eigenvalue weighted by Gasteiger charge is -2.03. The van der Waals surface area contributed by atoms with E-state index < -0.39 is 0 Å². The minimum atomic E-state index is 0.690. The van der Waals surface area contributed by atoms with Crippen LogP contribution in [0.2, 0.25) is 0 Å². The molecule has 0 bridgehead atoms. The summed E-state index contributed by atoms with van der Waals surface area (Å²) in [4.78, 5) is 13.2. The van der Waals surface area contributed by atoms with Gasteiger partial charge in [0.1, 0.15) is 11.6 Å². The van der Waals surface area contributed by atoms with E-state index in [1.165, 1.54) is 0 Å². The molecule has 2 aromatic rings. The van der Waals surface area contributed by atoms with E-state index >= 15 is 0 Å². The zero-order chi connectivity index (χ0) is 12.8. The third-order valence-electron chi connectivity index (χ3n) is 2.40. The highest BCUT2D eigenvalue weighted by Crippen LogP contribution is 2.14. The average Bonchev–Trinajstić information content (AvgIpc) is 2.39. The summed E-state index contributed by atoms with van der Waals surface area (Å²) in [6.45, 7) is 5.52. The summed E-state index contributed by atoms with van der Waals surface area (Å²) < 4.78 is 0. The van der Waals surface area contributed by atoms with Crippen molar-refractivity contribution in [2.75, 3.05) is 0 Å². The highest BCUT2D eigenvalue weighted by molar-refractivity contribution is 5.54. The van der Waals surface area contributed by atoms with Crippen molar-refractivity contribution in [3.63, 3.8) is 0 Å². The van der Waals surface area contributed by atoms with Crippen LogP contribution >= 0.6 is 0 Å². The molecular weight excluding hydrogens is 222 g/mol. The zero-order valence-electron chi connectivity index (χ0n) is 10.4. The van der Waals surface area contributed by atoms with Crippen LogP contribution in [0.3, 0.4) is 0 Å². The summed E-state index contributed by atoms with van der Waals surface area (Å²) >= 11 is 0. The molecule has 0 aliphatic rings. The summed E-state index contributed by atoms with van der Waals surface area (Å²) in [5.41, 5.74) is 1.01. The van der Waals surface area contributed by atoms with E-state index in [2.05, 4.69) is 21.5 Å². The molecule has 0 saturated carbocycles. The van der Waals surface area contributed by atoms with Gasteiger partial charge in [-0.3, -0.25) is 0 Å². The standard InChI is InChI=1S/C15H15N3/c1-3-4-6-11-14-16-12(2)17-15(18-14)13-9-7-5-8-10-13/h3-10H,1,11H2,2H3/b6-4-. The molecule has 0 radical (unpaired) electrons. The second kappa shape index (κ2) is 5.87. The Morgan fingerprint density at radius 2 is 1.89 bits per heavy atom. The second-order valence-corrected chi connectivity index (χ2v) is 3.86. The fourth-order valence-electron chi connectivity index (χ4n) is 1.61. The molecule has 1 aromatic carbocycles. The lowest BCUT2D eigenvalue weighted by atomic mass is 10.2. The van der Waals surface area contributed by atoms with Gasteiger partial charge in [-0.25, -0.2) is 15.0 Å². The number of hydrogen-bond donors (Lipinski definition) is 0. The number of aromatic nitrogens is 3. The van der Waals surface area contributed by atoms with Crippen molar-refractivity contribution in [1.29, 1.82) is 0 Å². The predicted octanol–water partition coefficient (Wildman–Crippen LogP) is 3.13. The van der Waals surface area contributed by atoms with Crippen LogP contribution in [0, 0.1) is 6.92 Å². The molecule has 0 N–H and O–H groups in total. The van der Waals surface area contributed by atoms with Crippen LogP contribution in [0.25, 0.3) is 11.4 Å². The van der Waals surface area contributed by atoms with Crippen molar-refractivity contribution in [3.05, 3.63) is 66.8 Å². The maximum atomic E-state index is 4.47. The van der Waals surface area contributed by atoms with E-state index in [1.807, 2.05) is 49.4 Å². The Morgan fingerprint density at radius 1 is 1.11 bits per heavy atom. The van der Waals surface area contributed by atoms with E-state index in [4.69, 9.17) is 0 Å². The summed E-state index contributed by atoms with van der Waals surface area (Å²) in [7, 11) is 0. The normalized spacial score (nSPS) is 10.7. The Kier molecular flexibility index (Phi) is 3.97. The number of nitrogens with zero attached hydrogens (tertiary/aromatic N) is 3. The highest BCUT2D eigenvalue weighted by Gasteiger charge is 2.04. The van der Waals surface area contributed by atoms with Gasteiger partial charge in [0.25, 0.3) is 0 Å². The minimum absolute atomic E-state index is 0.690. The molecule has 1 aromatic heterocycles. The first-order valence-corrected chi connectivity index (χ1v) is 5.84. The van der Waals surface area contributed by atoms with E-state index in [-0.39, 0.29) is 0 Å². The van der Waals surface area contributed by atoms with Crippen molar-refractivity contribution in [1.82, 2.24) is 15.0 Å². The fourth-order valence-corrected chi connectivity index (χ4v) is 1.61. The molecule has 0 atom stereocenters. The van der Waals surface area contributed by atoms with Gasteiger partial charge >= 0.3 is 0 Å². The molecule has 90 valence electrons. The van der Waals surface area contributed by atoms with Crippen molar-refractivity contribution in [3.8, 4) is 11.4 Å². The SMILES string of the molecule is C=C/C=C\Cc1nc(C)nc(-c2ccccc2)n1. The quantitative estimate of drug-likeness (QED) is 0.767. The fraction of sp³-hybridized carbons (Fsp3) is 0.133. The number of rotatable bonds is 4. The van der Waals surface area contributed by atoms with E-state index in [0.29, 0.717) is 6.42 Å². The summed E-state index contributed by atoms with van der Waals surface area (Å²) in [5.74, 6) is 2.25. The first-order chi connectivity index (χ1) is 8.79. The molecule has 0 saturated heterocycles. The van der Waals surface area contributed by atoms with Crippen LogP contribution in [-0.4, -0.2) is 15.0 Å². The molecule has 0 amide bonds. The predicted molar refractivity (Wildman–Crippen MR) is 73.0 cm³/mol. The molecule has 0 aliphatic carbocycles. The van der Waals surface area contributed by atoms with Crippen LogP contribution in [-0.2, 0) is 6.42 Å². The number of benzene rings is 1. The molecular formula is C15H15N3. The molecule has 2 rings (SSSR count). The smallest absolute Gasteiger partial charge is 0.163 e. The summed E-state index contributed by atoms with van der Waals surface area (Å²) in [6, 6.07) is 9.93. The topological polar surface area (TPSA) is 38.7 Å². The molecule has 3 heteroatoms. The minimum Gasteiger partial charge on any atom is -0.218 e. The number of aryl methyl sites for hydroxylation is 1. The Balaban J connectivity index is 2.32. The van der Waals surface area contributed by atoms with Crippen molar-refractivity contribution in [2.24, 2.45) is 0 Å². The first-order valence-electron chi connectivity index (χ1n) is 5.84. The average molecular weight is 237 g/mol. The van der Waals surface area contributed by atoms with Gasteiger partial charge in [0.05, 0.1) is 0 Å². The second-order valence-electron chi connectivity index (χ2n) is 3.86. The van der Waals surface area contributed by atoms with Gasteiger partial charge < -0.3 is 0 Å². The van der Waals surface area contributed by atoms with Crippen molar-refractivity contribution in [2.45, 2.75) is 13.3 Å². The number of hydrogen-bond acceptors (Lipinski definition) is 3. The Bertz CT molecular complexity index is 559. The number of allylic oxidation sites excluding steroid dienone is 3. The highest BCUT2D eigenvalue weighted by atomic mass is 15.0. The Morgan fingerprint density at radius 3 is 2.61 bits per heavy atom. The first kappa shape index (κ1) is 12.2. The molecule has 0 unspecified atom stereocenters. The molecule has 3 nitrogen and oxygen atoms in total. The Labute approximate surface area is 107 Å².